The van der Waals surface area contributed by atoms with E-state index in [1.54, 1.807) is 6.92 Å². The normalized spacial score (nSPS) is 30.8. The van der Waals surface area contributed by atoms with Gasteiger partial charge in [0.2, 0.25) is 21.8 Å². The number of allylic oxidation sites excluding steroid dienone is 1. The standard InChI is InChI=1S/C41H53N5O8S/c1-26-34-30(29-15-10-11-16-31(29)42-26)19-20-40(54-34)24-33-35(47)44-41(37(49)45-55(51,52)39(2)22-23-39)21-18-27(41)12-6-4-3-5-7-17-32(36(48)46(33)25-40)43-38(50)53-28-13-8-9-14-28/h6,10-12,15-16,27-28,32-33H,3-5,7-9,13-14,17-25H2,1-2H3,(H,43,50)(H,44,47)(H,45,49). The van der Waals surface area contributed by atoms with Crippen LogP contribution < -0.4 is 20.1 Å². The maximum absolute atomic E-state index is 14.8. The zero-order valence-electron chi connectivity index (χ0n) is 31.9. The van der Waals surface area contributed by atoms with Gasteiger partial charge in [0.25, 0.3) is 5.91 Å². The Labute approximate surface area is 322 Å². The maximum Gasteiger partial charge on any atom is 0.408 e. The highest BCUT2D eigenvalue weighted by Gasteiger charge is 2.59. The summed E-state index contributed by atoms with van der Waals surface area (Å²) in [7, 11) is -3.99. The summed E-state index contributed by atoms with van der Waals surface area (Å²) >= 11 is 0. The number of carbonyl (C=O) groups is 4. The van der Waals surface area contributed by atoms with E-state index in [4.69, 9.17) is 14.5 Å². The summed E-state index contributed by atoms with van der Waals surface area (Å²) in [6.07, 6.45) is 13.1. The minimum Gasteiger partial charge on any atom is -0.483 e. The Bertz CT molecular complexity index is 2030. The highest BCUT2D eigenvalue weighted by Crippen LogP contribution is 2.47. The van der Waals surface area contributed by atoms with Gasteiger partial charge in [-0.2, -0.15) is 0 Å². The van der Waals surface area contributed by atoms with Gasteiger partial charge in [0.15, 0.2) is 0 Å². The molecule has 14 heteroatoms. The fourth-order valence-electron chi connectivity index (χ4n) is 9.35. The number of carbonyl (C=O) groups excluding carboxylic acids is 4. The number of pyridine rings is 1. The van der Waals surface area contributed by atoms with E-state index >= 15 is 0 Å². The Kier molecular flexibility index (Phi) is 9.86. The molecule has 0 bridgehead atoms. The molecule has 3 aliphatic carbocycles. The molecule has 6 aliphatic rings. The summed E-state index contributed by atoms with van der Waals surface area (Å²) in [6, 6.07) is 5.91. The molecule has 3 saturated carbocycles. The average molecular weight is 776 g/mol. The van der Waals surface area contributed by atoms with Crippen molar-refractivity contribution in [1.29, 1.82) is 0 Å². The number of aryl methyl sites for hydroxylation is 2. The van der Waals surface area contributed by atoms with Gasteiger partial charge < -0.3 is 25.0 Å². The highest BCUT2D eigenvalue weighted by molar-refractivity contribution is 7.91. The first-order valence-electron chi connectivity index (χ1n) is 20.2. The Morgan fingerprint density at radius 1 is 1.00 bits per heavy atom. The lowest BCUT2D eigenvalue weighted by Crippen LogP contribution is -2.70. The van der Waals surface area contributed by atoms with Crippen molar-refractivity contribution in [3.63, 3.8) is 0 Å². The second-order valence-corrected chi connectivity index (χ2v) is 19.3. The number of benzene rings is 1. The number of para-hydroxylation sites is 1. The van der Waals surface area contributed by atoms with Gasteiger partial charge in [-0.05, 0) is 103 Å². The van der Waals surface area contributed by atoms with Crippen molar-refractivity contribution in [2.24, 2.45) is 5.92 Å². The molecule has 0 radical (unpaired) electrons. The molecule has 4 amide bonds. The van der Waals surface area contributed by atoms with E-state index in [0.29, 0.717) is 62.8 Å². The second kappa shape index (κ2) is 14.4. The third-order valence-electron chi connectivity index (χ3n) is 13.2. The number of amides is 4. The topological polar surface area (TPSA) is 173 Å². The van der Waals surface area contributed by atoms with Crippen molar-refractivity contribution in [3.05, 3.63) is 47.7 Å². The first-order valence-corrected chi connectivity index (χ1v) is 21.7. The third kappa shape index (κ3) is 7.08. The van der Waals surface area contributed by atoms with Crippen LogP contribution in [-0.4, -0.2) is 82.7 Å². The van der Waals surface area contributed by atoms with Crippen LogP contribution in [0.1, 0.15) is 114 Å². The Balaban J connectivity index is 1.13. The number of ether oxygens (including phenoxy) is 2. The molecule has 55 heavy (non-hydrogen) atoms. The highest BCUT2D eigenvalue weighted by atomic mass is 32.2. The van der Waals surface area contributed by atoms with E-state index in [2.05, 4.69) is 15.4 Å². The average Bonchev–Trinajstić information content (AvgIpc) is 3.53. The number of hydrogen-bond acceptors (Lipinski definition) is 9. The van der Waals surface area contributed by atoms with Crippen LogP contribution in [-0.2, 0) is 35.6 Å². The summed E-state index contributed by atoms with van der Waals surface area (Å²) in [5.41, 5.74) is 0.160. The molecule has 1 saturated heterocycles. The van der Waals surface area contributed by atoms with E-state index in [1.807, 2.05) is 43.3 Å². The largest absolute Gasteiger partial charge is 0.483 e. The number of rotatable bonds is 5. The molecule has 5 unspecified atom stereocenters. The minimum absolute atomic E-state index is 0.0841. The molecule has 3 N–H and O–H groups in total. The fourth-order valence-corrected chi connectivity index (χ4v) is 10.7. The number of aromatic nitrogens is 1. The Hall–Kier alpha value is -4.20. The van der Waals surface area contributed by atoms with Crippen molar-refractivity contribution in [2.45, 2.75) is 151 Å². The van der Waals surface area contributed by atoms with E-state index in [9.17, 15) is 27.6 Å². The number of fused-ring (bicyclic) bond motifs is 5. The molecule has 13 nitrogen and oxygen atoms in total. The SMILES string of the molecule is Cc1nc2ccccc2c2c1OC1(CC2)CC2C(=O)NC3(C(=O)NS(=O)(=O)C4(C)CC4)CCC3C=CCCCCCC(NC(=O)OC3CCCC3)C(=O)N2C1. The predicted molar refractivity (Wildman–Crippen MR) is 204 cm³/mol. The van der Waals surface area contributed by atoms with Gasteiger partial charge in [0, 0.05) is 23.3 Å². The molecule has 8 rings (SSSR count). The number of sulfonamides is 1. The Morgan fingerprint density at radius 3 is 2.51 bits per heavy atom. The summed E-state index contributed by atoms with van der Waals surface area (Å²) in [6.45, 7) is 3.60. The van der Waals surface area contributed by atoms with E-state index in [-0.39, 0.29) is 25.5 Å². The molecule has 3 aliphatic heterocycles. The van der Waals surface area contributed by atoms with Crippen molar-refractivity contribution in [3.8, 4) is 5.75 Å². The molecule has 2 aromatic rings. The molecule has 296 valence electrons. The van der Waals surface area contributed by atoms with Crippen molar-refractivity contribution < 1.29 is 37.1 Å². The lowest BCUT2D eigenvalue weighted by Gasteiger charge is -2.48. The molecule has 1 aromatic carbocycles. The van der Waals surface area contributed by atoms with Crippen LogP contribution in [0.4, 0.5) is 4.79 Å². The molecule has 4 fully saturated rings. The van der Waals surface area contributed by atoms with Crippen molar-refractivity contribution in [1.82, 2.24) is 25.2 Å². The third-order valence-corrected chi connectivity index (χ3v) is 15.4. The van der Waals surface area contributed by atoms with Gasteiger partial charge in [0.05, 0.1) is 22.5 Å². The molecule has 1 aromatic heterocycles. The van der Waals surface area contributed by atoms with E-state index < -0.39 is 67.7 Å². The fraction of sp³-hybridized carbons (Fsp3) is 0.634. The molecule has 1 spiro atoms. The quantitative estimate of drug-likeness (QED) is 0.353. The number of alkyl carbamates (subject to hydrolysis) is 1. The Morgan fingerprint density at radius 2 is 1.76 bits per heavy atom. The minimum atomic E-state index is -3.99. The number of hydrogen-bond donors (Lipinski definition) is 3. The van der Waals surface area contributed by atoms with Crippen LogP contribution in [0.25, 0.3) is 10.9 Å². The molecule has 4 heterocycles. The number of nitrogens with zero attached hydrogens (tertiary/aromatic N) is 2. The van der Waals surface area contributed by atoms with Crippen LogP contribution in [0.3, 0.4) is 0 Å². The summed E-state index contributed by atoms with van der Waals surface area (Å²) < 4.78 is 40.6. The molecule has 5 atom stereocenters. The van der Waals surface area contributed by atoms with Crippen LogP contribution in [0.5, 0.6) is 5.75 Å². The zero-order valence-corrected chi connectivity index (χ0v) is 32.7. The summed E-state index contributed by atoms with van der Waals surface area (Å²) in [5.74, 6) is -1.50. The van der Waals surface area contributed by atoms with E-state index in [1.165, 1.54) is 4.90 Å². The van der Waals surface area contributed by atoms with Crippen molar-refractivity contribution in [2.75, 3.05) is 6.54 Å². The van der Waals surface area contributed by atoms with Crippen LogP contribution in [0.15, 0.2) is 36.4 Å². The van der Waals surface area contributed by atoms with Gasteiger partial charge in [-0.25, -0.2) is 18.2 Å². The van der Waals surface area contributed by atoms with Crippen molar-refractivity contribution >= 4 is 44.7 Å². The first-order chi connectivity index (χ1) is 26.3. The van der Waals surface area contributed by atoms with Crippen LogP contribution in [0.2, 0.25) is 0 Å². The van der Waals surface area contributed by atoms with Gasteiger partial charge in [-0.3, -0.25) is 19.1 Å². The number of nitrogens with one attached hydrogen (secondary N) is 3. The predicted octanol–water partition coefficient (Wildman–Crippen LogP) is 5.03. The lowest BCUT2D eigenvalue weighted by molar-refractivity contribution is -0.144. The van der Waals surface area contributed by atoms with Gasteiger partial charge >= 0.3 is 6.09 Å². The first kappa shape index (κ1) is 37.7. The van der Waals surface area contributed by atoms with Crippen LogP contribution in [0, 0.1) is 12.8 Å². The molecular formula is C41H53N5O8S. The van der Waals surface area contributed by atoms with Crippen LogP contribution >= 0.6 is 0 Å². The van der Waals surface area contributed by atoms with Gasteiger partial charge in [-0.1, -0.05) is 43.2 Å². The second-order valence-electron chi connectivity index (χ2n) is 17.1. The monoisotopic (exact) mass is 775 g/mol. The molecular weight excluding hydrogens is 723 g/mol. The summed E-state index contributed by atoms with van der Waals surface area (Å²) in [5, 5.41) is 6.89. The van der Waals surface area contributed by atoms with Gasteiger partial charge in [-0.15, -0.1) is 0 Å². The smallest absolute Gasteiger partial charge is 0.408 e. The van der Waals surface area contributed by atoms with E-state index in [0.717, 1.165) is 55.0 Å². The van der Waals surface area contributed by atoms with Gasteiger partial charge in [0.1, 0.15) is 35.1 Å². The zero-order chi connectivity index (χ0) is 38.6. The summed E-state index contributed by atoms with van der Waals surface area (Å²) in [4.78, 5) is 63.3. The lowest BCUT2D eigenvalue weighted by atomic mass is 9.65. The maximum atomic E-state index is 14.8.